The van der Waals surface area contributed by atoms with E-state index in [0.29, 0.717) is 13.0 Å². The molecule has 0 amide bonds. The summed E-state index contributed by atoms with van der Waals surface area (Å²) < 4.78 is 5.30. The van der Waals surface area contributed by atoms with Gasteiger partial charge in [0.15, 0.2) is 0 Å². The van der Waals surface area contributed by atoms with Crippen LogP contribution in [0.1, 0.15) is 18.9 Å². The van der Waals surface area contributed by atoms with Gasteiger partial charge in [0, 0.05) is 6.42 Å². The summed E-state index contributed by atoms with van der Waals surface area (Å²) in [5.74, 6) is -1.40. The fraction of sp³-hybridized carbons (Fsp3) is 0.333. The highest BCUT2D eigenvalue weighted by atomic mass is 16.5. The lowest BCUT2D eigenvalue weighted by molar-refractivity contribution is -0.149. The first kappa shape index (κ1) is 12.2. The number of carboxylic acids is 1. The average molecular weight is 222 g/mol. The molecular weight excluding hydrogens is 208 g/mol. The number of ether oxygens (including phenoxy) is 1. The lowest BCUT2D eigenvalue weighted by Crippen LogP contribution is -2.12. The van der Waals surface area contributed by atoms with Crippen molar-refractivity contribution in [2.45, 2.75) is 19.8 Å². The Morgan fingerprint density at radius 2 is 2.12 bits per heavy atom. The van der Waals surface area contributed by atoms with Crippen molar-refractivity contribution in [3.8, 4) is 5.75 Å². The summed E-state index contributed by atoms with van der Waals surface area (Å²) in [5, 5.41) is 8.42. The number of carboxylic acid groups (broad SMARTS) is 1. The summed E-state index contributed by atoms with van der Waals surface area (Å²) in [6.07, 6.45) is 0.441. The molecule has 0 fully saturated rings. The van der Waals surface area contributed by atoms with E-state index in [1.54, 1.807) is 0 Å². The summed E-state index contributed by atoms with van der Waals surface area (Å²) in [7, 11) is 0. The number of hydrogen-bond acceptors (Lipinski definition) is 3. The molecule has 16 heavy (non-hydrogen) atoms. The highest BCUT2D eigenvalue weighted by molar-refractivity contribution is 6.32. The molecule has 0 aliphatic heterocycles. The summed E-state index contributed by atoms with van der Waals surface area (Å²) in [6.45, 7) is 2.47. The van der Waals surface area contributed by atoms with Crippen LogP contribution < -0.4 is 4.74 Å². The molecule has 4 heteroatoms. The predicted octanol–water partition coefficient (Wildman–Crippen LogP) is 1.67. The van der Waals surface area contributed by atoms with Gasteiger partial charge in [-0.1, -0.05) is 12.1 Å². The molecular formula is C12H14O4. The molecule has 0 atom stereocenters. The van der Waals surface area contributed by atoms with Crippen molar-refractivity contribution in [1.29, 1.82) is 0 Å². The Morgan fingerprint density at radius 1 is 1.38 bits per heavy atom. The Bertz CT molecular complexity index is 384. The first-order chi connectivity index (χ1) is 7.63. The summed E-state index contributed by atoms with van der Waals surface area (Å²) >= 11 is 0. The Labute approximate surface area is 93.9 Å². The summed E-state index contributed by atoms with van der Waals surface area (Å²) in [4.78, 5) is 21.2. The first-order valence-electron chi connectivity index (χ1n) is 5.11. The van der Waals surface area contributed by atoms with Gasteiger partial charge >= 0.3 is 5.97 Å². The molecule has 0 aliphatic rings. The number of ketones is 1. The minimum absolute atomic E-state index is 0.0188. The molecule has 0 aliphatic carbocycles. The molecule has 1 aromatic carbocycles. The van der Waals surface area contributed by atoms with E-state index in [-0.39, 0.29) is 6.42 Å². The van der Waals surface area contributed by atoms with Crippen molar-refractivity contribution in [3.63, 3.8) is 0 Å². The molecule has 0 spiro atoms. The van der Waals surface area contributed by atoms with Crippen LogP contribution in [0.2, 0.25) is 0 Å². The van der Waals surface area contributed by atoms with Gasteiger partial charge < -0.3 is 9.84 Å². The molecule has 0 saturated heterocycles. The van der Waals surface area contributed by atoms with Crippen LogP contribution in [0.4, 0.5) is 0 Å². The number of hydrogen-bond donors (Lipinski definition) is 1. The van der Waals surface area contributed by atoms with Gasteiger partial charge in [0.1, 0.15) is 5.75 Å². The fourth-order valence-corrected chi connectivity index (χ4v) is 1.32. The topological polar surface area (TPSA) is 63.6 Å². The van der Waals surface area contributed by atoms with E-state index in [2.05, 4.69) is 0 Å². The molecule has 0 saturated carbocycles. The number of rotatable bonds is 6. The van der Waals surface area contributed by atoms with E-state index in [4.69, 9.17) is 9.84 Å². The fourth-order valence-electron chi connectivity index (χ4n) is 1.32. The van der Waals surface area contributed by atoms with Crippen LogP contribution in [0.15, 0.2) is 24.3 Å². The molecule has 0 heterocycles. The number of aliphatic carboxylic acids is 1. The van der Waals surface area contributed by atoms with Gasteiger partial charge in [0.2, 0.25) is 5.78 Å². The van der Waals surface area contributed by atoms with Gasteiger partial charge in [0.05, 0.1) is 6.61 Å². The number of benzene rings is 1. The maximum absolute atomic E-state index is 10.9. The highest BCUT2D eigenvalue weighted by Gasteiger charge is 2.10. The average Bonchev–Trinajstić information content (AvgIpc) is 2.26. The van der Waals surface area contributed by atoms with E-state index in [0.717, 1.165) is 11.3 Å². The maximum atomic E-state index is 10.9. The second kappa shape index (κ2) is 5.90. The van der Waals surface area contributed by atoms with Crippen LogP contribution in [0, 0.1) is 0 Å². The van der Waals surface area contributed by atoms with Gasteiger partial charge in [-0.25, -0.2) is 4.79 Å². The minimum atomic E-state index is -1.37. The zero-order valence-electron chi connectivity index (χ0n) is 9.10. The smallest absolute Gasteiger partial charge is 0.372 e. The lowest BCUT2D eigenvalue weighted by Gasteiger charge is -2.05. The zero-order valence-corrected chi connectivity index (χ0v) is 9.10. The molecule has 0 bridgehead atoms. The Balaban J connectivity index is 2.57. The van der Waals surface area contributed by atoms with Crippen molar-refractivity contribution in [2.24, 2.45) is 0 Å². The van der Waals surface area contributed by atoms with Gasteiger partial charge in [-0.05, 0) is 31.0 Å². The second-order valence-electron chi connectivity index (χ2n) is 3.31. The van der Waals surface area contributed by atoms with Gasteiger partial charge in [-0.15, -0.1) is 0 Å². The molecule has 1 rings (SSSR count). The third kappa shape index (κ3) is 3.73. The van der Waals surface area contributed by atoms with Crippen LogP contribution in [0.3, 0.4) is 0 Å². The van der Waals surface area contributed by atoms with E-state index in [1.165, 1.54) is 0 Å². The van der Waals surface area contributed by atoms with Crippen LogP contribution >= 0.6 is 0 Å². The van der Waals surface area contributed by atoms with Crippen LogP contribution in [0.25, 0.3) is 0 Å². The van der Waals surface area contributed by atoms with Crippen molar-refractivity contribution < 1.29 is 19.4 Å². The number of carbonyl (C=O) groups excluding carboxylic acids is 1. The minimum Gasteiger partial charge on any atom is -0.494 e. The Hall–Kier alpha value is -1.84. The summed E-state index contributed by atoms with van der Waals surface area (Å²) in [5.41, 5.74) is 0.903. The van der Waals surface area contributed by atoms with E-state index >= 15 is 0 Å². The van der Waals surface area contributed by atoms with Crippen LogP contribution in [-0.4, -0.2) is 23.5 Å². The van der Waals surface area contributed by atoms with Crippen molar-refractivity contribution in [1.82, 2.24) is 0 Å². The number of Topliss-reactive ketones (excluding diaryl/α,β-unsaturated/α-hetero) is 1. The predicted molar refractivity (Wildman–Crippen MR) is 58.6 cm³/mol. The molecule has 0 unspecified atom stereocenters. The van der Waals surface area contributed by atoms with Gasteiger partial charge in [-0.2, -0.15) is 0 Å². The largest absolute Gasteiger partial charge is 0.494 e. The molecule has 1 N–H and O–H groups in total. The lowest BCUT2D eigenvalue weighted by atomic mass is 10.1. The van der Waals surface area contributed by atoms with Crippen molar-refractivity contribution >= 4 is 11.8 Å². The Morgan fingerprint density at radius 3 is 2.75 bits per heavy atom. The van der Waals surface area contributed by atoms with E-state index < -0.39 is 11.8 Å². The molecule has 1 aromatic rings. The van der Waals surface area contributed by atoms with Crippen LogP contribution in [-0.2, 0) is 16.0 Å². The van der Waals surface area contributed by atoms with Crippen LogP contribution in [0.5, 0.6) is 5.75 Å². The number of aryl methyl sites for hydroxylation is 1. The number of carbonyl (C=O) groups is 2. The highest BCUT2D eigenvalue weighted by Crippen LogP contribution is 2.14. The SMILES string of the molecule is CCOc1cccc(CCC(=O)C(=O)O)c1. The van der Waals surface area contributed by atoms with Gasteiger partial charge in [0.25, 0.3) is 0 Å². The molecule has 0 radical (unpaired) electrons. The third-order valence-corrected chi connectivity index (χ3v) is 2.09. The van der Waals surface area contributed by atoms with Crippen molar-refractivity contribution in [3.05, 3.63) is 29.8 Å². The molecule has 4 nitrogen and oxygen atoms in total. The normalized spacial score (nSPS) is 9.81. The third-order valence-electron chi connectivity index (χ3n) is 2.09. The second-order valence-corrected chi connectivity index (χ2v) is 3.31. The monoisotopic (exact) mass is 222 g/mol. The molecule has 86 valence electrons. The Kier molecular flexibility index (Phi) is 4.51. The van der Waals surface area contributed by atoms with Crippen molar-refractivity contribution in [2.75, 3.05) is 6.61 Å². The van der Waals surface area contributed by atoms with Gasteiger partial charge in [-0.3, -0.25) is 4.79 Å². The first-order valence-corrected chi connectivity index (χ1v) is 5.11. The van der Waals surface area contributed by atoms with E-state index in [9.17, 15) is 9.59 Å². The maximum Gasteiger partial charge on any atom is 0.372 e. The quantitative estimate of drug-likeness (QED) is 0.743. The zero-order chi connectivity index (χ0) is 12.0. The standard InChI is InChI=1S/C12H14O4/c1-2-16-10-5-3-4-9(8-10)6-7-11(13)12(14)15/h3-5,8H,2,6-7H2,1H3,(H,14,15). The van der Waals surface area contributed by atoms with E-state index in [1.807, 2.05) is 31.2 Å². The summed E-state index contributed by atoms with van der Waals surface area (Å²) in [6, 6.07) is 7.31. The molecule has 0 aromatic heterocycles.